The van der Waals surface area contributed by atoms with E-state index in [0.717, 1.165) is 23.0 Å². The van der Waals surface area contributed by atoms with Crippen molar-refractivity contribution in [1.29, 1.82) is 0 Å². The molecule has 2 aromatic heterocycles. The molecule has 1 aliphatic rings. The highest BCUT2D eigenvalue weighted by atomic mass is 16.2. The Morgan fingerprint density at radius 1 is 1.11 bits per heavy atom. The van der Waals surface area contributed by atoms with E-state index in [1.165, 1.54) is 41.4 Å². The average Bonchev–Trinajstić information content (AvgIpc) is 3.16. The van der Waals surface area contributed by atoms with Crippen LogP contribution in [0.2, 0.25) is 0 Å². The number of hydrogen-bond acceptors (Lipinski definition) is 4. The fourth-order valence-corrected chi connectivity index (χ4v) is 3.61. The minimum absolute atomic E-state index is 0.241. The van der Waals surface area contributed by atoms with Crippen molar-refractivity contribution < 1.29 is 4.79 Å². The number of aryl methyl sites for hydroxylation is 3. The maximum Gasteiger partial charge on any atom is 0.332 e. The van der Waals surface area contributed by atoms with Gasteiger partial charge in [0.25, 0.3) is 11.5 Å². The van der Waals surface area contributed by atoms with E-state index in [9.17, 15) is 14.4 Å². The van der Waals surface area contributed by atoms with E-state index in [0.29, 0.717) is 12.1 Å². The largest absolute Gasteiger partial charge is 0.348 e. The van der Waals surface area contributed by atoms with Crippen LogP contribution in [0.15, 0.2) is 40.1 Å². The highest BCUT2D eigenvalue weighted by Gasteiger charge is 2.14. The second-order valence-electron chi connectivity index (χ2n) is 6.94. The topological polar surface area (TPSA) is 86.0 Å². The second kappa shape index (κ2) is 6.50. The van der Waals surface area contributed by atoms with Crippen molar-refractivity contribution in [2.45, 2.75) is 25.8 Å². The van der Waals surface area contributed by atoms with Gasteiger partial charge in [-0.3, -0.25) is 18.7 Å². The van der Waals surface area contributed by atoms with Gasteiger partial charge in [-0.2, -0.15) is 0 Å². The Hall–Kier alpha value is -3.22. The standard InChI is InChI=1S/C20H20N4O3/c1-23-17-16(19(26)24(2)20(23)27)9-15(11-21-17)18(25)22-10-12-6-7-13-4-3-5-14(13)8-12/h6-9,11H,3-5,10H2,1-2H3,(H,22,25). The lowest BCUT2D eigenvalue weighted by Gasteiger charge is -2.09. The zero-order chi connectivity index (χ0) is 19.1. The van der Waals surface area contributed by atoms with Crippen LogP contribution >= 0.6 is 0 Å². The zero-order valence-corrected chi connectivity index (χ0v) is 15.3. The number of carbonyl (C=O) groups excluding carboxylic acids is 1. The number of aromatic nitrogens is 3. The van der Waals surface area contributed by atoms with Crippen molar-refractivity contribution in [2.75, 3.05) is 0 Å². The summed E-state index contributed by atoms with van der Waals surface area (Å²) in [6.07, 6.45) is 4.79. The van der Waals surface area contributed by atoms with Crippen molar-refractivity contribution in [2.24, 2.45) is 14.1 Å². The molecule has 0 bridgehead atoms. The van der Waals surface area contributed by atoms with Crippen LogP contribution < -0.4 is 16.6 Å². The van der Waals surface area contributed by atoms with Crippen LogP contribution in [0.4, 0.5) is 0 Å². The number of amides is 1. The molecular weight excluding hydrogens is 344 g/mol. The summed E-state index contributed by atoms with van der Waals surface area (Å²) >= 11 is 0. The second-order valence-corrected chi connectivity index (χ2v) is 6.94. The van der Waals surface area contributed by atoms with Gasteiger partial charge in [-0.25, -0.2) is 9.78 Å². The van der Waals surface area contributed by atoms with Crippen LogP contribution in [0.1, 0.15) is 33.5 Å². The predicted octanol–water partition coefficient (Wildman–Crippen LogP) is 1.05. The van der Waals surface area contributed by atoms with E-state index >= 15 is 0 Å². The van der Waals surface area contributed by atoms with Crippen LogP contribution in [-0.4, -0.2) is 20.0 Å². The van der Waals surface area contributed by atoms with Gasteiger partial charge >= 0.3 is 5.69 Å². The van der Waals surface area contributed by atoms with E-state index in [4.69, 9.17) is 0 Å². The van der Waals surface area contributed by atoms with Gasteiger partial charge in [0, 0.05) is 26.8 Å². The number of hydrogen-bond donors (Lipinski definition) is 1. The molecule has 0 unspecified atom stereocenters. The molecule has 7 nitrogen and oxygen atoms in total. The van der Waals surface area contributed by atoms with Crippen LogP contribution in [0.25, 0.3) is 11.0 Å². The lowest BCUT2D eigenvalue weighted by atomic mass is 10.1. The monoisotopic (exact) mass is 364 g/mol. The molecule has 0 aliphatic heterocycles. The normalized spacial score (nSPS) is 13.0. The van der Waals surface area contributed by atoms with E-state index in [-0.39, 0.29) is 16.9 Å². The minimum atomic E-state index is -0.464. The summed E-state index contributed by atoms with van der Waals surface area (Å²) in [6.45, 7) is 0.412. The van der Waals surface area contributed by atoms with Crippen LogP contribution in [0.5, 0.6) is 0 Å². The summed E-state index contributed by atoms with van der Waals surface area (Å²) in [5.74, 6) is -0.305. The smallest absolute Gasteiger partial charge is 0.332 e. The minimum Gasteiger partial charge on any atom is -0.348 e. The van der Waals surface area contributed by atoms with Crippen LogP contribution in [0.3, 0.4) is 0 Å². The molecule has 0 atom stereocenters. The number of benzene rings is 1. The van der Waals surface area contributed by atoms with Gasteiger partial charge in [0.1, 0.15) is 5.65 Å². The van der Waals surface area contributed by atoms with Gasteiger partial charge < -0.3 is 5.32 Å². The lowest BCUT2D eigenvalue weighted by molar-refractivity contribution is 0.0950. The predicted molar refractivity (Wildman–Crippen MR) is 102 cm³/mol. The van der Waals surface area contributed by atoms with Gasteiger partial charge in [0.15, 0.2) is 0 Å². The summed E-state index contributed by atoms with van der Waals surface area (Å²) < 4.78 is 2.30. The summed E-state index contributed by atoms with van der Waals surface area (Å²) in [7, 11) is 2.95. The highest BCUT2D eigenvalue weighted by Crippen LogP contribution is 2.22. The number of carbonyl (C=O) groups is 1. The Labute approximate surface area is 155 Å². The maximum absolute atomic E-state index is 12.5. The molecule has 138 valence electrons. The molecule has 0 fully saturated rings. The highest BCUT2D eigenvalue weighted by molar-refractivity contribution is 5.96. The number of fused-ring (bicyclic) bond motifs is 2. The first kappa shape index (κ1) is 17.2. The van der Waals surface area contributed by atoms with Crippen molar-refractivity contribution in [1.82, 2.24) is 19.4 Å². The quantitative estimate of drug-likeness (QED) is 0.753. The van der Waals surface area contributed by atoms with Crippen molar-refractivity contribution in [3.63, 3.8) is 0 Å². The van der Waals surface area contributed by atoms with Crippen molar-refractivity contribution in [3.05, 3.63) is 73.6 Å². The molecule has 0 saturated heterocycles. The van der Waals surface area contributed by atoms with E-state index in [1.54, 1.807) is 7.05 Å². The van der Waals surface area contributed by atoms with Crippen LogP contribution in [-0.2, 0) is 33.5 Å². The Balaban J connectivity index is 1.59. The summed E-state index contributed by atoms with van der Waals surface area (Å²) in [6, 6.07) is 7.80. The Bertz CT molecular complexity index is 1190. The first-order valence-corrected chi connectivity index (χ1v) is 8.90. The summed E-state index contributed by atoms with van der Waals surface area (Å²) in [5.41, 5.74) is 3.44. The van der Waals surface area contributed by atoms with E-state index < -0.39 is 11.2 Å². The number of rotatable bonds is 3. The lowest BCUT2D eigenvalue weighted by Crippen LogP contribution is -2.37. The molecular formula is C20H20N4O3. The molecule has 0 radical (unpaired) electrons. The van der Waals surface area contributed by atoms with E-state index in [2.05, 4.69) is 22.4 Å². The number of nitrogens with one attached hydrogen (secondary N) is 1. The van der Waals surface area contributed by atoms with Gasteiger partial charge in [-0.05, 0) is 42.0 Å². The van der Waals surface area contributed by atoms with Gasteiger partial charge in [0.05, 0.1) is 10.9 Å². The van der Waals surface area contributed by atoms with Crippen molar-refractivity contribution in [3.8, 4) is 0 Å². The number of pyridine rings is 1. The fourth-order valence-electron chi connectivity index (χ4n) is 3.61. The molecule has 1 amide bonds. The molecule has 2 heterocycles. The average molecular weight is 364 g/mol. The molecule has 0 saturated carbocycles. The third-order valence-electron chi connectivity index (χ3n) is 5.17. The summed E-state index contributed by atoms with van der Waals surface area (Å²) in [5, 5.41) is 3.12. The SMILES string of the molecule is Cn1c(=O)c2cc(C(=O)NCc3ccc4c(c3)CCC4)cnc2n(C)c1=O. The fraction of sp³-hybridized carbons (Fsp3) is 0.300. The first-order valence-electron chi connectivity index (χ1n) is 8.90. The van der Waals surface area contributed by atoms with Gasteiger partial charge in [0.2, 0.25) is 0 Å². The van der Waals surface area contributed by atoms with E-state index in [1.807, 2.05) is 6.07 Å². The Kier molecular flexibility index (Phi) is 4.14. The van der Waals surface area contributed by atoms with Gasteiger partial charge in [-0.15, -0.1) is 0 Å². The van der Waals surface area contributed by atoms with Gasteiger partial charge in [-0.1, -0.05) is 18.2 Å². The Morgan fingerprint density at radius 2 is 1.89 bits per heavy atom. The molecule has 1 aromatic carbocycles. The third-order valence-corrected chi connectivity index (χ3v) is 5.17. The molecule has 3 aromatic rings. The third kappa shape index (κ3) is 2.95. The maximum atomic E-state index is 12.5. The molecule has 4 rings (SSSR count). The summed E-state index contributed by atoms with van der Waals surface area (Å²) in [4.78, 5) is 41.0. The molecule has 7 heteroatoms. The van der Waals surface area contributed by atoms with Crippen molar-refractivity contribution >= 4 is 16.9 Å². The molecule has 27 heavy (non-hydrogen) atoms. The Morgan fingerprint density at radius 3 is 2.70 bits per heavy atom. The molecule has 1 aliphatic carbocycles. The van der Waals surface area contributed by atoms with Crippen LogP contribution in [0, 0.1) is 0 Å². The molecule has 0 spiro atoms. The zero-order valence-electron chi connectivity index (χ0n) is 15.3. The molecule has 1 N–H and O–H groups in total. The first-order chi connectivity index (χ1) is 13.0. The number of nitrogens with zero attached hydrogens (tertiary/aromatic N) is 3.